The summed E-state index contributed by atoms with van der Waals surface area (Å²) in [6.45, 7) is 3.73. The van der Waals surface area contributed by atoms with Gasteiger partial charge in [0, 0.05) is 19.6 Å². The van der Waals surface area contributed by atoms with Gasteiger partial charge in [-0.1, -0.05) is 11.6 Å². The highest BCUT2D eigenvalue weighted by Gasteiger charge is 2.21. The molecule has 0 amide bonds. The molecule has 1 aromatic heterocycles. The maximum atomic E-state index is 12.7. The Bertz CT molecular complexity index is 1010. The van der Waals surface area contributed by atoms with Crippen LogP contribution in [-0.2, 0) is 10.0 Å². The Hall–Kier alpha value is -2.56. The molecule has 0 bridgehead atoms. The number of likely N-dealkylation sites (N-methyl/N-ethyl adjacent to an activating group) is 2. The second-order valence-corrected chi connectivity index (χ2v) is 8.77. The summed E-state index contributed by atoms with van der Waals surface area (Å²) in [5.41, 5.74) is -0.0599. The van der Waals surface area contributed by atoms with Gasteiger partial charge in [-0.25, -0.2) is 18.2 Å². The van der Waals surface area contributed by atoms with Crippen LogP contribution in [0.1, 0.15) is 17.3 Å². The zero-order valence-corrected chi connectivity index (χ0v) is 18.8. The number of carboxylic acids is 1. The number of anilines is 2. The lowest BCUT2D eigenvalue weighted by molar-refractivity contribution is 0.0697. The first-order valence-corrected chi connectivity index (χ1v) is 10.9. The predicted molar refractivity (Wildman–Crippen MR) is 116 cm³/mol. The van der Waals surface area contributed by atoms with E-state index in [9.17, 15) is 18.3 Å². The van der Waals surface area contributed by atoms with Crippen LogP contribution >= 0.6 is 11.6 Å². The van der Waals surface area contributed by atoms with Crippen LogP contribution in [0, 0.1) is 0 Å². The van der Waals surface area contributed by atoms with Crippen molar-refractivity contribution in [1.29, 1.82) is 0 Å². The fourth-order valence-corrected chi connectivity index (χ4v) is 4.07. The van der Waals surface area contributed by atoms with Crippen molar-refractivity contribution in [1.82, 2.24) is 9.88 Å². The van der Waals surface area contributed by atoms with E-state index in [1.807, 2.05) is 30.8 Å². The summed E-state index contributed by atoms with van der Waals surface area (Å²) >= 11 is 6.01. The minimum absolute atomic E-state index is 0.0340. The van der Waals surface area contributed by atoms with Gasteiger partial charge < -0.3 is 19.6 Å². The van der Waals surface area contributed by atoms with E-state index >= 15 is 0 Å². The Morgan fingerprint density at radius 2 is 1.97 bits per heavy atom. The number of carbonyl (C=O) groups is 1. The third-order valence-corrected chi connectivity index (χ3v) is 5.96. The molecule has 2 rings (SSSR count). The normalized spacial score (nSPS) is 11.4. The summed E-state index contributed by atoms with van der Waals surface area (Å²) in [5.74, 6) is -0.580. The Kier molecular flexibility index (Phi) is 7.88. The van der Waals surface area contributed by atoms with Gasteiger partial charge >= 0.3 is 5.97 Å². The van der Waals surface area contributed by atoms with E-state index in [4.69, 9.17) is 16.3 Å². The number of nitrogens with zero attached hydrogens (tertiary/aromatic N) is 3. The Morgan fingerprint density at radius 3 is 2.50 bits per heavy atom. The molecule has 2 aromatic rings. The molecule has 0 saturated carbocycles. The number of nitrogens with one attached hydrogen (secondary N) is 1. The van der Waals surface area contributed by atoms with E-state index in [0.717, 1.165) is 0 Å². The highest BCUT2D eigenvalue weighted by molar-refractivity contribution is 7.92. The average Bonchev–Trinajstić information content (AvgIpc) is 2.68. The first-order chi connectivity index (χ1) is 14.1. The van der Waals surface area contributed by atoms with Gasteiger partial charge in [-0.15, -0.1) is 0 Å². The maximum absolute atomic E-state index is 12.7. The van der Waals surface area contributed by atoms with Crippen LogP contribution in [-0.4, -0.2) is 70.2 Å². The monoisotopic (exact) mass is 456 g/mol. The Labute approximate surface area is 181 Å². The van der Waals surface area contributed by atoms with Crippen LogP contribution in [0.4, 0.5) is 11.5 Å². The standard InChI is InChI=1S/C19H25ClN4O5S/c1-5-24(9-8-23(2)3)18-15(19(25)26)10-13(12-21-18)22-30(27,28)14-6-7-17(29-4)16(20)11-14/h6-7,10-12,22H,5,8-9H2,1-4H3,(H,25,26). The van der Waals surface area contributed by atoms with Crippen molar-refractivity contribution in [3.8, 4) is 5.75 Å². The summed E-state index contributed by atoms with van der Waals surface area (Å²) in [4.78, 5) is 19.7. The van der Waals surface area contributed by atoms with Crippen molar-refractivity contribution in [3.05, 3.63) is 41.0 Å². The number of hydrogen-bond acceptors (Lipinski definition) is 7. The summed E-state index contributed by atoms with van der Waals surface area (Å²) in [6, 6.07) is 5.28. The fourth-order valence-electron chi connectivity index (χ4n) is 2.69. The van der Waals surface area contributed by atoms with Crippen molar-refractivity contribution in [2.24, 2.45) is 0 Å². The van der Waals surface area contributed by atoms with Crippen molar-refractivity contribution >= 4 is 39.1 Å². The van der Waals surface area contributed by atoms with Gasteiger partial charge in [-0.3, -0.25) is 4.72 Å². The van der Waals surface area contributed by atoms with Crippen LogP contribution in [0.5, 0.6) is 5.75 Å². The first kappa shape index (κ1) is 23.7. The molecule has 0 spiro atoms. The van der Waals surface area contributed by atoms with Crippen molar-refractivity contribution < 1.29 is 23.1 Å². The van der Waals surface area contributed by atoms with E-state index in [2.05, 4.69) is 9.71 Å². The molecule has 0 unspecified atom stereocenters. The largest absolute Gasteiger partial charge is 0.495 e. The summed E-state index contributed by atoms with van der Waals surface area (Å²) in [6.07, 6.45) is 1.29. The molecular formula is C19H25ClN4O5S. The number of carboxylic acid groups (broad SMARTS) is 1. The van der Waals surface area contributed by atoms with Gasteiger partial charge in [0.2, 0.25) is 0 Å². The summed E-state index contributed by atoms with van der Waals surface area (Å²) in [5, 5.41) is 9.77. The second-order valence-electron chi connectivity index (χ2n) is 6.69. The number of ether oxygens (including phenoxy) is 1. The smallest absolute Gasteiger partial charge is 0.339 e. The molecule has 0 saturated heterocycles. The lowest BCUT2D eigenvalue weighted by Crippen LogP contribution is -2.33. The number of benzene rings is 1. The third kappa shape index (κ3) is 5.74. The van der Waals surface area contributed by atoms with Crippen LogP contribution < -0.4 is 14.4 Å². The van der Waals surface area contributed by atoms with Gasteiger partial charge in [-0.2, -0.15) is 0 Å². The van der Waals surface area contributed by atoms with Crippen molar-refractivity contribution in [3.63, 3.8) is 0 Å². The maximum Gasteiger partial charge on any atom is 0.339 e. The minimum atomic E-state index is -4.01. The molecule has 0 aliphatic rings. The zero-order chi connectivity index (χ0) is 22.5. The molecule has 9 nitrogen and oxygen atoms in total. The van der Waals surface area contributed by atoms with E-state index < -0.39 is 16.0 Å². The van der Waals surface area contributed by atoms with Gasteiger partial charge in [0.1, 0.15) is 17.1 Å². The quantitative estimate of drug-likeness (QED) is 0.561. The van der Waals surface area contributed by atoms with Crippen molar-refractivity contribution in [2.45, 2.75) is 11.8 Å². The second kappa shape index (κ2) is 9.96. The van der Waals surface area contributed by atoms with Crippen LogP contribution in [0.2, 0.25) is 5.02 Å². The van der Waals surface area contributed by atoms with Gasteiger partial charge in [0.05, 0.1) is 28.9 Å². The molecule has 2 N–H and O–H groups in total. The zero-order valence-electron chi connectivity index (χ0n) is 17.2. The van der Waals surface area contributed by atoms with E-state index in [0.29, 0.717) is 25.4 Å². The fraction of sp³-hybridized carbons (Fsp3) is 0.368. The molecule has 164 valence electrons. The number of aromatic carboxylic acids is 1. The lowest BCUT2D eigenvalue weighted by Gasteiger charge is -2.25. The van der Waals surface area contributed by atoms with Crippen LogP contribution in [0.15, 0.2) is 35.4 Å². The van der Waals surface area contributed by atoms with Gasteiger partial charge in [0.25, 0.3) is 10.0 Å². The topological polar surface area (TPSA) is 112 Å². The highest BCUT2D eigenvalue weighted by Crippen LogP contribution is 2.28. The minimum Gasteiger partial charge on any atom is -0.495 e. The average molecular weight is 457 g/mol. The molecule has 11 heteroatoms. The molecule has 0 fully saturated rings. The number of halogens is 1. The van der Waals surface area contributed by atoms with Crippen LogP contribution in [0.3, 0.4) is 0 Å². The SMILES string of the molecule is CCN(CCN(C)C)c1ncc(NS(=O)(=O)c2ccc(OC)c(Cl)c2)cc1C(=O)O. The Balaban J connectivity index is 2.35. The summed E-state index contributed by atoms with van der Waals surface area (Å²) < 4.78 is 32.7. The van der Waals surface area contributed by atoms with E-state index in [1.54, 1.807) is 0 Å². The van der Waals surface area contributed by atoms with E-state index in [1.165, 1.54) is 37.6 Å². The number of sulfonamides is 1. The molecular weight excluding hydrogens is 432 g/mol. The molecule has 0 atom stereocenters. The molecule has 1 heterocycles. The Morgan fingerprint density at radius 1 is 1.27 bits per heavy atom. The summed E-state index contributed by atoms with van der Waals surface area (Å²) in [7, 11) is 1.26. The third-order valence-electron chi connectivity index (χ3n) is 4.28. The highest BCUT2D eigenvalue weighted by atomic mass is 35.5. The first-order valence-electron chi connectivity index (χ1n) is 9.08. The predicted octanol–water partition coefficient (Wildman–Crippen LogP) is 2.63. The number of hydrogen-bond donors (Lipinski definition) is 2. The van der Waals surface area contributed by atoms with Gasteiger partial charge in [0.15, 0.2) is 0 Å². The number of methoxy groups -OCH3 is 1. The van der Waals surface area contributed by atoms with Crippen LogP contribution in [0.25, 0.3) is 0 Å². The molecule has 0 aliphatic carbocycles. The van der Waals surface area contributed by atoms with E-state index in [-0.39, 0.29) is 27.0 Å². The number of rotatable bonds is 10. The molecule has 0 aliphatic heterocycles. The van der Waals surface area contributed by atoms with Crippen molar-refractivity contribution in [2.75, 3.05) is 50.5 Å². The number of aromatic nitrogens is 1. The molecule has 0 radical (unpaired) electrons. The molecule has 1 aromatic carbocycles. The molecule has 30 heavy (non-hydrogen) atoms. The number of pyridine rings is 1. The van der Waals surface area contributed by atoms with Gasteiger partial charge in [-0.05, 0) is 45.3 Å². The lowest BCUT2D eigenvalue weighted by atomic mass is 10.2.